The molecule has 0 aliphatic carbocycles. The Morgan fingerprint density at radius 1 is 1.53 bits per heavy atom. The van der Waals surface area contributed by atoms with Crippen LogP contribution in [0.2, 0.25) is 0 Å². The standard InChI is InChI=1S/C12H22N4O/c1-4-10-14-11(8-12(17)15-10)16(9(2)3)7-5-6-13/h8-9H,4-7,13H2,1-3H3,(H,14,15,17). The van der Waals surface area contributed by atoms with Crippen LogP contribution in [0.5, 0.6) is 0 Å². The number of hydrogen-bond donors (Lipinski definition) is 2. The Morgan fingerprint density at radius 3 is 2.76 bits per heavy atom. The number of aromatic amines is 1. The fourth-order valence-corrected chi connectivity index (χ4v) is 1.71. The summed E-state index contributed by atoms with van der Waals surface area (Å²) in [5, 5.41) is 0. The number of aromatic nitrogens is 2. The number of anilines is 1. The SMILES string of the molecule is CCc1nc(N(CCCN)C(C)C)cc(=O)[nH]1. The molecule has 1 aromatic heterocycles. The third-order valence-electron chi connectivity index (χ3n) is 2.63. The van der Waals surface area contributed by atoms with Crippen LogP contribution in [0.3, 0.4) is 0 Å². The van der Waals surface area contributed by atoms with Gasteiger partial charge in [0.05, 0.1) is 0 Å². The van der Waals surface area contributed by atoms with Crippen LogP contribution in [0.1, 0.15) is 33.0 Å². The van der Waals surface area contributed by atoms with Crippen molar-refractivity contribution >= 4 is 5.82 Å². The third-order valence-corrected chi connectivity index (χ3v) is 2.63. The molecule has 0 aliphatic heterocycles. The first-order chi connectivity index (χ1) is 8.08. The Hall–Kier alpha value is -1.36. The van der Waals surface area contributed by atoms with Gasteiger partial charge in [0, 0.05) is 25.1 Å². The normalized spacial score (nSPS) is 10.9. The van der Waals surface area contributed by atoms with Crippen LogP contribution in [-0.2, 0) is 6.42 Å². The predicted octanol–water partition coefficient (Wildman–Crippen LogP) is 0.896. The average molecular weight is 238 g/mol. The zero-order valence-electron chi connectivity index (χ0n) is 10.9. The molecule has 0 amide bonds. The van der Waals surface area contributed by atoms with Crippen molar-refractivity contribution < 1.29 is 0 Å². The van der Waals surface area contributed by atoms with Gasteiger partial charge in [-0.2, -0.15) is 0 Å². The average Bonchev–Trinajstić information content (AvgIpc) is 2.28. The smallest absolute Gasteiger partial charge is 0.252 e. The van der Waals surface area contributed by atoms with Crippen molar-refractivity contribution in [2.45, 2.75) is 39.7 Å². The minimum absolute atomic E-state index is 0.0924. The summed E-state index contributed by atoms with van der Waals surface area (Å²) in [6.07, 6.45) is 1.63. The van der Waals surface area contributed by atoms with Crippen LogP contribution >= 0.6 is 0 Å². The van der Waals surface area contributed by atoms with E-state index in [4.69, 9.17) is 5.73 Å². The quantitative estimate of drug-likeness (QED) is 0.772. The molecule has 0 aromatic carbocycles. The molecule has 0 saturated carbocycles. The fourth-order valence-electron chi connectivity index (χ4n) is 1.71. The molecular formula is C12H22N4O. The van der Waals surface area contributed by atoms with Crippen LogP contribution in [0.25, 0.3) is 0 Å². The van der Waals surface area contributed by atoms with Crippen molar-refractivity contribution in [1.29, 1.82) is 0 Å². The second kappa shape index (κ2) is 6.39. The number of nitrogens with one attached hydrogen (secondary N) is 1. The highest BCUT2D eigenvalue weighted by molar-refractivity contribution is 5.38. The van der Waals surface area contributed by atoms with Gasteiger partial charge in [0.2, 0.25) is 0 Å². The van der Waals surface area contributed by atoms with Crippen molar-refractivity contribution in [3.05, 3.63) is 22.2 Å². The van der Waals surface area contributed by atoms with Crippen molar-refractivity contribution in [3.8, 4) is 0 Å². The van der Waals surface area contributed by atoms with E-state index < -0.39 is 0 Å². The van der Waals surface area contributed by atoms with E-state index in [1.54, 1.807) is 6.07 Å². The lowest BCUT2D eigenvalue weighted by molar-refractivity contribution is 0.644. The maximum absolute atomic E-state index is 11.5. The molecule has 17 heavy (non-hydrogen) atoms. The first-order valence-electron chi connectivity index (χ1n) is 6.15. The number of hydrogen-bond acceptors (Lipinski definition) is 4. The van der Waals surface area contributed by atoms with Gasteiger partial charge in [-0.25, -0.2) is 4.98 Å². The lowest BCUT2D eigenvalue weighted by Crippen LogP contribution is -2.34. The molecule has 0 radical (unpaired) electrons. The number of rotatable bonds is 6. The van der Waals surface area contributed by atoms with E-state index in [2.05, 4.69) is 28.7 Å². The zero-order chi connectivity index (χ0) is 12.8. The molecule has 0 fully saturated rings. The van der Waals surface area contributed by atoms with Gasteiger partial charge in [-0.15, -0.1) is 0 Å². The van der Waals surface area contributed by atoms with Crippen molar-refractivity contribution in [2.24, 2.45) is 5.73 Å². The van der Waals surface area contributed by atoms with Crippen molar-refractivity contribution in [3.63, 3.8) is 0 Å². The maximum atomic E-state index is 11.5. The van der Waals surface area contributed by atoms with Crippen molar-refractivity contribution in [2.75, 3.05) is 18.0 Å². The summed E-state index contributed by atoms with van der Waals surface area (Å²) in [4.78, 5) is 20.8. The molecule has 0 saturated heterocycles. The van der Waals surface area contributed by atoms with Gasteiger partial charge in [-0.1, -0.05) is 6.92 Å². The highest BCUT2D eigenvalue weighted by Gasteiger charge is 2.12. The van der Waals surface area contributed by atoms with Crippen LogP contribution in [0.4, 0.5) is 5.82 Å². The van der Waals surface area contributed by atoms with E-state index in [0.29, 0.717) is 12.6 Å². The molecule has 0 atom stereocenters. The second-order valence-corrected chi connectivity index (χ2v) is 4.33. The summed E-state index contributed by atoms with van der Waals surface area (Å²) in [6.45, 7) is 7.62. The highest BCUT2D eigenvalue weighted by Crippen LogP contribution is 2.12. The van der Waals surface area contributed by atoms with E-state index in [-0.39, 0.29) is 5.56 Å². The highest BCUT2D eigenvalue weighted by atomic mass is 16.1. The topological polar surface area (TPSA) is 75.0 Å². The summed E-state index contributed by atoms with van der Waals surface area (Å²) < 4.78 is 0. The summed E-state index contributed by atoms with van der Waals surface area (Å²) in [6, 6.07) is 1.86. The number of H-pyrrole nitrogens is 1. The number of nitrogens with zero attached hydrogens (tertiary/aromatic N) is 2. The molecule has 0 bridgehead atoms. The van der Waals surface area contributed by atoms with Gasteiger partial charge in [0.15, 0.2) is 0 Å². The molecule has 3 N–H and O–H groups in total. The first-order valence-corrected chi connectivity index (χ1v) is 6.15. The van der Waals surface area contributed by atoms with Gasteiger partial charge >= 0.3 is 0 Å². The van der Waals surface area contributed by atoms with E-state index >= 15 is 0 Å². The summed E-state index contributed by atoms with van der Waals surface area (Å²) in [5.74, 6) is 1.47. The Morgan fingerprint density at radius 2 is 2.24 bits per heavy atom. The van der Waals surface area contributed by atoms with Gasteiger partial charge in [-0.3, -0.25) is 4.79 Å². The molecule has 5 nitrogen and oxygen atoms in total. The van der Waals surface area contributed by atoms with E-state index in [1.807, 2.05) is 6.92 Å². The monoisotopic (exact) mass is 238 g/mol. The molecule has 0 aliphatic rings. The molecular weight excluding hydrogens is 216 g/mol. The van der Waals surface area contributed by atoms with Crippen LogP contribution in [0, 0.1) is 0 Å². The van der Waals surface area contributed by atoms with Gasteiger partial charge in [0.25, 0.3) is 5.56 Å². The van der Waals surface area contributed by atoms with Crippen LogP contribution in [0.15, 0.2) is 10.9 Å². The van der Waals surface area contributed by atoms with E-state index in [0.717, 1.165) is 31.0 Å². The third kappa shape index (κ3) is 3.85. The lowest BCUT2D eigenvalue weighted by Gasteiger charge is -2.27. The molecule has 0 spiro atoms. The molecule has 5 heteroatoms. The second-order valence-electron chi connectivity index (χ2n) is 4.33. The summed E-state index contributed by atoms with van der Waals surface area (Å²) in [5.41, 5.74) is 5.43. The van der Waals surface area contributed by atoms with Gasteiger partial charge in [-0.05, 0) is 26.8 Å². The molecule has 0 unspecified atom stereocenters. The molecule has 1 aromatic rings. The Balaban J connectivity index is 3.00. The maximum Gasteiger partial charge on any atom is 0.252 e. The van der Waals surface area contributed by atoms with Crippen LogP contribution < -0.4 is 16.2 Å². The minimum Gasteiger partial charge on any atom is -0.354 e. The fraction of sp³-hybridized carbons (Fsp3) is 0.667. The molecule has 96 valence electrons. The first kappa shape index (κ1) is 13.7. The summed E-state index contributed by atoms with van der Waals surface area (Å²) >= 11 is 0. The van der Waals surface area contributed by atoms with Gasteiger partial charge < -0.3 is 15.6 Å². The Kier molecular flexibility index (Phi) is 5.15. The summed E-state index contributed by atoms with van der Waals surface area (Å²) in [7, 11) is 0. The largest absolute Gasteiger partial charge is 0.354 e. The van der Waals surface area contributed by atoms with Crippen LogP contribution in [-0.4, -0.2) is 29.1 Å². The Bertz CT molecular complexity index is 400. The molecule has 1 heterocycles. The number of aryl methyl sites for hydroxylation is 1. The van der Waals surface area contributed by atoms with E-state index in [9.17, 15) is 4.79 Å². The number of nitrogens with two attached hydrogens (primary N) is 1. The Labute approximate surface area is 102 Å². The zero-order valence-corrected chi connectivity index (χ0v) is 10.9. The minimum atomic E-state index is -0.0924. The van der Waals surface area contributed by atoms with Crippen molar-refractivity contribution in [1.82, 2.24) is 9.97 Å². The van der Waals surface area contributed by atoms with E-state index in [1.165, 1.54) is 0 Å². The predicted molar refractivity (Wildman–Crippen MR) is 70.4 cm³/mol. The molecule has 1 rings (SSSR count). The lowest BCUT2D eigenvalue weighted by atomic mass is 10.2. The van der Waals surface area contributed by atoms with Gasteiger partial charge in [0.1, 0.15) is 11.6 Å².